The molecule has 20 heavy (non-hydrogen) atoms. The number of hydrogen-bond donors (Lipinski definition) is 1. The maximum Gasteiger partial charge on any atom is 0.254 e. The minimum atomic E-state index is 0.0205. The molecule has 2 aromatic rings. The van der Waals surface area contributed by atoms with Crippen molar-refractivity contribution in [3.63, 3.8) is 0 Å². The molecule has 1 amide bonds. The first-order valence-corrected chi connectivity index (χ1v) is 7.00. The van der Waals surface area contributed by atoms with E-state index in [2.05, 4.69) is 11.9 Å². The third kappa shape index (κ3) is 2.74. The van der Waals surface area contributed by atoms with Gasteiger partial charge in [-0.25, -0.2) is 4.98 Å². The van der Waals surface area contributed by atoms with Crippen LogP contribution in [-0.4, -0.2) is 28.4 Å². The molecule has 0 saturated carbocycles. The van der Waals surface area contributed by atoms with Crippen molar-refractivity contribution in [1.82, 2.24) is 9.88 Å². The lowest BCUT2D eigenvalue weighted by molar-refractivity contribution is 0.0708. The van der Waals surface area contributed by atoms with Gasteiger partial charge in [-0.3, -0.25) is 4.79 Å². The van der Waals surface area contributed by atoms with Gasteiger partial charge in [-0.1, -0.05) is 25.1 Å². The highest BCUT2D eigenvalue weighted by Gasteiger charge is 2.20. The monoisotopic (exact) mass is 271 g/mol. The van der Waals surface area contributed by atoms with E-state index < -0.39 is 0 Å². The summed E-state index contributed by atoms with van der Waals surface area (Å²) in [6, 6.07) is 9.44. The summed E-state index contributed by atoms with van der Waals surface area (Å²) in [5, 5.41) is 0.855. The van der Waals surface area contributed by atoms with Gasteiger partial charge in [-0.05, 0) is 32.4 Å². The average Bonchev–Trinajstić information content (AvgIpc) is 2.42. The molecule has 2 rings (SSSR count). The molecular weight excluding hydrogens is 250 g/mol. The SMILES string of the molecule is CCCN(C(=O)c1cc(N)nc2ccccc12)C(C)C. The molecule has 2 N–H and O–H groups in total. The van der Waals surface area contributed by atoms with Crippen LogP contribution in [0.25, 0.3) is 10.9 Å². The molecule has 106 valence electrons. The first-order chi connectivity index (χ1) is 9.54. The largest absolute Gasteiger partial charge is 0.384 e. The Bertz CT molecular complexity index is 622. The van der Waals surface area contributed by atoms with Crippen LogP contribution < -0.4 is 5.73 Å². The predicted molar refractivity (Wildman–Crippen MR) is 82.6 cm³/mol. The number of para-hydroxylation sites is 1. The van der Waals surface area contributed by atoms with Crippen LogP contribution in [0.5, 0.6) is 0 Å². The second kappa shape index (κ2) is 5.90. The maximum absolute atomic E-state index is 12.8. The van der Waals surface area contributed by atoms with Crippen molar-refractivity contribution in [2.75, 3.05) is 12.3 Å². The van der Waals surface area contributed by atoms with Gasteiger partial charge in [0.1, 0.15) is 5.82 Å². The zero-order chi connectivity index (χ0) is 14.7. The summed E-state index contributed by atoms with van der Waals surface area (Å²) >= 11 is 0. The van der Waals surface area contributed by atoms with Crippen molar-refractivity contribution in [3.8, 4) is 0 Å². The van der Waals surface area contributed by atoms with Gasteiger partial charge in [0.25, 0.3) is 5.91 Å². The Morgan fingerprint density at radius 1 is 1.35 bits per heavy atom. The third-order valence-electron chi connectivity index (χ3n) is 3.32. The predicted octanol–water partition coefficient (Wildman–Crippen LogP) is 3.08. The summed E-state index contributed by atoms with van der Waals surface area (Å²) in [6.07, 6.45) is 0.933. The number of nitrogen functional groups attached to an aromatic ring is 1. The summed E-state index contributed by atoms with van der Waals surface area (Å²) in [5.74, 6) is 0.402. The van der Waals surface area contributed by atoms with Gasteiger partial charge in [-0.2, -0.15) is 0 Å². The Labute approximate surface area is 119 Å². The molecule has 0 atom stereocenters. The number of nitrogens with zero attached hydrogens (tertiary/aromatic N) is 2. The fraction of sp³-hybridized carbons (Fsp3) is 0.375. The molecule has 0 aliphatic rings. The molecule has 0 spiro atoms. The van der Waals surface area contributed by atoms with Crippen molar-refractivity contribution in [1.29, 1.82) is 0 Å². The lowest BCUT2D eigenvalue weighted by Gasteiger charge is -2.27. The van der Waals surface area contributed by atoms with Crippen LogP contribution >= 0.6 is 0 Å². The second-order valence-corrected chi connectivity index (χ2v) is 5.20. The second-order valence-electron chi connectivity index (χ2n) is 5.20. The van der Waals surface area contributed by atoms with Crippen LogP contribution in [0, 0.1) is 0 Å². The Balaban J connectivity index is 2.53. The Kier molecular flexibility index (Phi) is 4.23. The van der Waals surface area contributed by atoms with Gasteiger partial charge in [-0.15, -0.1) is 0 Å². The summed E-state index contributed by atoms with van der Waals surface area (Å²) < 4.78 is 0. The van der Waals surface area contributed by atoms with Crippen LogP contribution in [0.2, 0.25) is 0 Å². The standard InChI is InChI=1S/C16H21N3O/c1-4-9-19(11(2)3)16(20)13-10-15(17)18-14-8-6-5-7-12(13)14/h5-8,10-11H,4,9H2,1-3H3,(H2,17,18). The van der Waals surface area contributed by atoms with E-state index in [9.17, 15) is 4.79 Å². The minimum Gasteiger partial charge on any atom is -0.384 e. The van der Waals surface area contributed by atoms with E-state index in [4.69, 9.17) is 5.73 Å². The number of carbonyl (C=O) groups excluding carboxylic acids is 1. The molecule has 0 saturated heterocycles. The molecule has 0 radical (unpaired) electrons. The first kappa shape index (κ1) is 14.3. The third-order valence-corrected chi connectivity index (χ3v) is 3.32. The topological polar surface area (TPSA) is 59.2 Å². The zero-order valence-electron chi connectivity index (χ0n) is 12.3. The van der Waals surface area contributed by atoms with E-state index >= 15 is 0 Å². The molecular formula is C16H21N3O. The van der Waals surface area contributed by atoms with E-state index in [0.29, 0.717) is 11.4 Å². The maximum atomic E-state index is 12.8. The van der Waals surface area contributed by atoms with E-state index in [-0.39, 0.29) is 11.9 Å². The van der Waals surface area contributed by atoms with Crippen molar-refractivity contribution in [2.24, 2.45) is 0 Å². The van der Waals surface area contributed by atoms with Gasteiger partial charge in [0.05, 0.1) is 11.1 Å². The number of rotatable bonds is 4. The van der Waals surface area contributed by atoms with E-state index in [1.807, 2.05) is 43.0 Å². The number of aromatic nitrogens is 1. The molecule has 4 nitrogen and oxygen atoms in total. The van der Waals surface area contributed by atoms with Crippen molar-refractivity contribution in [2.45, 2.75) is 33.2 Å². The van der Waals surface area contributed by atoms with Crippen LogP contribution in [0.3, 0.4) is 0 Å². The van der Waals surface area contributed by atoms with E-state index in [1.54, 1.807) is 6.07 Å². The zero-order valence-corrected chi connectivity index (χ0v) is 12.3. The fourth-order valence-electron chi connectivity index (χ4n) is 2.36. The lowest BCUT2D eigenvalue weighted by atomic mass is 10.1. The van der Waals surface area contributed by atoms with Gasteiger partial charge in [0, 0.05) is 18.0 Å². The highest BCUT2D eigenvalue weighted by Crippen LogP contribution is 2.21. The molecule has 4 heteroatoms. The lowest BCUT2D eigenvalue weighted by Crippen LogP contribution is -2.37. The number of carbonyl (C=O) groups is 1. The van der Waals surface area contributed by atoms with Crippen LogP contribution in [-0.2, 0) is 0 Å². The summed E-state index contributed by atoms with van der Waals surface area (Å²) in [5.41, 5.74) is 7.23. The van der Waals surface area contributed by atoms with E-state index in [0.717, 1.165) is 23.9 Å². The smallest absolute Gasteiger partial charge is 0.254 e. The molecule has 1 aromatic heterocycles. The van der Waals surface area contributed by atoms with Crippen LogP contribution in [0.4, 0.5) is 5.82 Å². The summed E-state index contributed by atoms with van der Waals surface area (Å²) in [6.45, 7) is 6.87. The number of benzene rings is 1. The number of nitrogens with two attached hydrogens (primary N) is 1. The Hall–Kier alpha value is -2.10. The highest BCUT2D eigenvalue weighted by atomic mass is 16.2. The first-order valence-electron chi connectivity index (χ1n) is 7.00. The number of anilines is 1. The normalized spacial score (nSPS) is 11.0. The van der Waals surface area contributed by atoms with E-state index in [1.165, 1.54) is 0 Å². The number of hydrogen-bond acceptors (Lipinski definition) is 3. The molecule has 0 aliphatic carbocycles. The average molecular weight is 271 g/mol. The van der Waals surface area contributed by atoms with Gasteiger partial charge >= 0.3 is 0 Å². The van der Waals surface area contributed by atoms with Crippen LogP contribution in [0.1, 0.15) is 37.6 Å². The van der Waals surface area contributed by atoms with Crippen LogP contribution in [0.15, 0.2) is 30.3 Å². The highest BCUT2D eigenvalue weighted by molar-refractivity contribution is 6.06. The minimum absolute atomic E-state index is 0.0205. The Morgan fingerprint density at radius 2 is 2.05 bits per heavy atom. The molecule has 1 aromatic carbocycles. The van der Waals surface area contributed by atoms with Crippen molar-refractivity contribution >= 4 is 22.6 Å². The molecule has 0 bridgehead atoms. The summed E-state index contributed by atoms with van der Waals surface area (Å²) in [7, 11) is 0. The molecule has 0 fully saturated rings. The number of pyridine rings is 1. The number of amides is 1. The van der Waals surface area contributed by atoms with Gasteiger partial charge < -0.3 is 10.6 Å². The Morgan fingerprint density at radius 3 is 2.70 bits per heavy atom. The molecule has 0 aliphatic heterocycles. The molecule has 1 heterocycles. The fourth-order valence-corrected chi connectivity index (χ4v) is 2.36. The van der Waals surface area contributed by atoms with Crippen molar-refractivity contribution < 1.29 is 4.79 Å². The molecule has 0 unspecified atom stereocenters. The quantitative estimate of drug-likeness (QED) is 0.929. The van der Waals surface area contributed by atoms with Gasteiger partial charge in [0.15, 0.2) is 0 Å². The summed E-state index contributed by atoms with van der Waals surface area (Å²) in [4.78, 5) is 18.9. The van der Waals surface area contributed by atoms with Gasteiger partial charge in [0.2, 0.25) is 0 Å². The van der Waals surface area contributed by atoms with Crippen molar-refractivity contribution in [3.05, 3.63) is 35.9 Å². The number of fused-ring (bicyclic) bond motifs is 1.